The molecule has 1 aliphatic rings. The van der Waals surface area contributed by atoms with Crippen molar-refractivity contribution in [3.8, 4) is 17.0 Å². The summed E-state index contributed by atoms with van der Waals surface area (Å²) >= 11 is 0. The number of alkyl halides is 2. The Morgan fingerprint density at radius 3 is 2.62 bits per heavy atom. The summed E-state index contributed by atoms with van der Waals surface area (Å²) in [7, 11) is -3.21. The summed E-state index contributed by atoms with van der Waals surface area (Å²) in [6.07, 6.45) is -0.659. The van der Waals surface area contributed by atoms with Crippen LogP contribution in [0, 0.1) is 11.6 Å². The third kappa shape index (κ3) is 7.41. The lowest BCUT2D eigenvalue weighted by atomic mass is 9.84. The summed E-state index contributed by atoms with van der Waals surface area (Å²) in [6, 6.07) is 12.2. The van der Waals surface area contributed by atoms with Gasteiger partial charge in [0.05, 0.1) is 49.7 Å². The number of hydrogen-bond acceptors (Lipinski definition) is 10. The first-order valence-electron chi connectivity index (χ1n) is 15.4. The van der Waals surface area contributed by atoms with E-state index >= 15 is 4.39 Å². The van der Waals surface area contributed by atoms with E-state index in [1.54, 1.807) is 39.8 Å². The van der Waals surface area contributed by atoms with Crippen LogP contribution in [0.4, 0.5) is 29.1 Å². The molecule has 2 aromatic carbocycles. The molecule has 0 saturated carbocycles. The molecule has 0 radical (unpaired) electrons. The smallest absolute Gasteiger partial charge is 0.431 e. The van der Waals surface area contributed by atoms with Crippen molar-refractivity contribution in [1.29, 1.82) is 0 Å². The van der Waals surface area contributed by atoms with Crippen molar-refractivity contribution in [3.05, 3.63) is 90.1 Å². The zero-order valence-corrected chi connectivity index (χ0v) is 27.5. The van der Waals surface area contributed by atoms with Gasteiger partial charge in [0.25, 0.3) is 6.43 Å². The first kappa shape index (κ1) is 35.2. The number of nitrogens with one attached hydrogen (secondary N) is 1. The fourth-order valence-electron chi connectivity index (χ4n) is 5.90. The molecule has 18 heteroatoms. The van der Waals surface area contributed by atoms with Gasteiger partial charge in [0, 0.05) is 24.7 Å². The van der Waals surface area contributed by atoms with E-state index in [4.69, 9.17) is 15.0 Å². The molecule has 3 atom stereocenters. The number of nitrogens with two attached hydrogens (primary N) is 1. The Morgan fingerprint density at radius 2 is 1.88 bits per heavy atom. The van der Waals surface area contributed by atoms with Gasteiger partial charge in [0.15, 0.2) is 28.5 Å². The van der Waals surface area contributed by atoms with E-state index in [0.717, 1.165) is 18.5 Å². The molecule has 4 heterocycles. The highest BCUT2D eigenvalue weighted by Gasteiger charge is 2.43. The van der Waals surface area contributed by atoms with Crippen molar-refractivity contribution >= 4 is 30.4 Å². The average molecular weight is 717 g/mol. The van der Waals surface area contributed by atoms with Gasteiger partial charge < -0.3 is 29.9 Å². The molecule has 3 aromatic heterocycles. The zero-order valence-electron chi connectivity index (χ0n) is 26.6. The number of anilines is 2. The maximum atomic E-state index is 15.2. The Bertz CT molecular complexity index is 2040. The number of piperidine rings is 1. The minimum Gasteiger partial charge on any atom is -0.494 e. The number of ether oxygens (including phenoxy) is 1. The summed E-state index contributed by atoms with van der Waals surface area (Å²) in [5.41, 5.74) is 6.51. The molecule has 50 heavy (non-hydrogen) atoms. The number of imidazole rings is 1. The lowest BCUT2D eigenvalue weighted by molar-refractivity contribution is -0.0529. The van der Waals surface area contributed by atoms with Crippen LogP contribution >= 0.6 is 7.75 Å². The number of rotatable bonds is 12. The largest absolute Gasteiger partial charge is 0.494 e. The summed E-state index contributed by atoms with van der Waals surface area (Å²) in [6.45, 7) is 0.0771. The topological polar surface area (TPSA) is 174 Å². The van der Waals surface area contributed by atoms with Gasteiger partial charge in [-0.25, -0.2) is 37.1 Å². The van der Waals surface area contributed by atoms with Crippen LogP contribution in [0.5, 0.6) is 5.75 Å². The van der Waals surface area contributed by atoms with Gasteiger partial charge in [0.2, 0.25) is 0 Å². The fraction of sp³-hybridized carbons (Fsp3) is 0.312. The third-order valence-corrected chi connectivity index (χ3v) is 9.42. The molecule has 0 bridgehead atoms. The van der Waals surface area contributed by atoms with Gasteiger partial charge in [-0.05, 0) is 36.1 Å². The predicted octanol–water partition coefficient (Wildman–Crippen LogP) is 4.88. The average Bonchev–Trinajstić information content (AvgIpc) is 3.51. The number of hydrogen-bond donors (Lipinski definition) is 4. The third-order valence-electron chi connectivity index (χ3n) is 8.45. The molecule has 1 fully saturated rings. The van der Waals surface area contributed by atoms with E-state index < -0.39 is 37.4 Å². The summed E-state index contributed by atoms with van der Waals surface area (Å²) in [5.74, 6) is -1.98. The number of aromatic nitrogens is 5. The maximum absolute atomic E-state index is 15.2. The minimum atomic E-state index is -4.42. The van der Waals surface area contributed by atoms with E-state index in [2.05, 4.69) is 25.0 Å². The van der Waals surface area contributed by atoms with Gasteiger partial charge in [-0.3, -0.25) is 14.6 Å². The molecular formula is C32H33F4N8O5P. The number of halogens is 4. The van der Waals surface area contributed by atoms with E-state index in [1.165, 1.54) is 25.7 Å². The molecule has 1 aliphatic heterocycles. The first-order chi connectivity index (χ1) is 23.9. The van der Waals surface area contributed by atoms with Crippen molar-refractivity contribution in [3.63, 3.8) is 0 Å². The molecule has 6 rings (SSSR count). The van der Waals surface area contributed by atoms with Crippen molar-refractivity contribution in [2.24, 2.45) is 5.73 Å². The maximum Gasteiger partial charge on any atom is 0.431 e. The van der Waals surface area contributed by atoms with Gasteiger partial charge >= 0.3 is 7.75 Å². The number of aliphatic hydroxyl groups excluding tert-OH is 1. The second kappa shape index (κ2) is 14.3. The number of pyridine rings is 1. The molecule has 13 nitrogen and oxygen atoms in total. The van der Waals surface area contributed by atoms with Crippen molar-refractivity contribution in [2.45, 2.75) is 44.1 Å². The van der Waals surface area contributed by atoms with Crippen molar-refractivity contribution < 1.29 is 41.4 Å². The molecule has 0 spiro atoms. The second-order valence-corrected chi connectivity index (χ2v) is 13.4. The van der Waals surface area contributed by atoms with Crippen LogP contribution in [0.25, 0.3) is 22.4 Å². The molecule has 5 N–H and O–H groups in total. The molecular weight excluding hydrogens is 683 g/mol. The number of fused-ring (bicyclic) bond motifs is 1. The lowest BCUT2D eigenvalue weighted by Gasteiger charge is -2.44. The van der Waals surface area contributed by atoms with E-state index in [1.807, 2.05) is 0 Å². The highest BCUT2D eigenvalue weighted by molar-refractivity contribution is 7.54. The first-order valence-corrected chi connectivity index (χ1v) is 16.9. The number of benzene rings is 2. The number of methoxy groups -OCH3 is 1. The quantitative estimate of drug-likeness (QED) is 0.102. The molecule has 0 aliphatic carbocycles. The van der Waals surface area contributed by atoms with Gasteiger partial charge in [-0.15, -0.1) is 0 Å². The van der Waals surface area contributed by atoms with Crippen molar-refractivity contribution in [1.82, 2.24) is 24.5 Å². The van der Waals surface area contributed by atoms with E-state index in [9.17, 15) is 27.7 Å². The second-order valence-electron chi connectivity index (χ2n) is 11.9. The van der Waals surface area contributed by atoms with E-state index in [0.29, 0.717) is 29.8 Å². The van der Waals surface area contributed by atoms with E-state index in [-0.39, 0.29) is 60.1 Å². The van der Waals surface area contributed by atoms with Gasteiger partial charge in [0.1, 0.15) is 18.2 Å². The highest BCUT2D eigenvalue weighted by Crippen LogP contribution is 2.43. The standard InChI is InChI=1S/C32H33F4N8O5P/c1-48-26-12-22(33)21(11-23(26)34)24-10-20(25(13-38-24)43-9-5-8-32(37,16-43)28(45)29(35)36)14-44-18-41-27-30(39-17-40-31(27)44)42-50(46,47)49-15-19-6-3-2-4-7-19/h2-4,6-7,10-13,17-18,28-29,45H,5,8-9,14-16,37H2,1H3,(H2,39,40,42,46,47)/t28-,32-/m1/s1. The van der Waals surface area contributed by atoms with Crippen LogP contribution in [0.3, 0.4) is 0 Å². The highest BCUT2D eigenvalue weighted by atomic mass is 31.2. The Balaban J connectivity index is 1.35. The Hall–Kier alpha value is -4.67. The molecule has 0 amide bonds. The molecule has 5 aromatic rings. The lowest BCUT2D eigenvalue weighted by Crippen LogP contribution is -2.63. The Labute approximate surface area is 283 Å². The van der Waals surface area contributed by atoms with Crippen molar-refractivity contribution in [2.75, 3.05) is 30.2 Å². The number of nitrogens with zero attached hydrogens (tertiary/aromatic N) is 6. The summed E-state index contributed by atoms with van der Waals surface area (Å²) < 4.78 is 81.6. The van der Waals surface area contributed by atoms with Crippen LogP contribution < -0.4 is 20.5 Å². The Morgan fingerprint density at radius 1 is 1.10 bits per heavy atom. The minimum absolute atomic E-state index is 0.00910. The van der Waals surface area contributed by atoms with Crippen LogP contribution in [-0.4, -0.2) is 72.8 Å². The summed E-state index contributed by atoms with van der Waals surface area (Å²) in [4.78, 5) is 29.3. The normalized spacial score (nSPS) is 18.3. The zero-order chi connectivity index (χ0) is 35.6. The Kier molecular flexibility index (Phi) is 10.0. The molecule has 1 unspecified atom stereocenters. The molecule has 264 valence electrons. The van der Waals surface area contributed by atoms with Crippen LogP contribution in [0.1, 0.15) is 24.0 Å². The van der Waals surface area contributed by atoms with Gasteiger partial charge in [-0.2, -0.15) is 0 Å². The van der Waals surface area contributed by atoms with Gasteiger partial charge in [-0.1, -0.05) is 30.3 Å². The predicted molar refractivity (Wildman–Crippen MR) is 176 cm³/mol. The van der Waals surface area contributed by atoms with Crippen LogP contribution in [0.2, 0.25) is 0 Å². The molecule has 1 saturated heterocycles. The fourth-order valence-corrected chi connectivity index (χ4v) is 6.72. The SMILES string of the molecule is COc1cc(F)c(-c2cc(Cn3cnc4c(NP(=O)(O)OCc5ccccc5)ncnc43)c(N3CCC[C@](N)([C@H](O)C(F)F)C3)cn2)cc1F. The van der Waals surface area contributed by atoms with Crippen LogP contribution in [-0.2, 0) is 22.2 Å². The number of aliphatic hydroxyl groups is 1. The van der Waals surface area contributed by atoms with Crippen LogP contribution in [0.15, 0.2) is 67.4 Å². The summed E-state index contributed by atoms with van der Waals surface area (Å²) in [5, 5.41) is 12.7. The monoisotopic (exact) mass is 716 g/mol.